The van der Waals surface area contributed by atoms with Gasteiger partial charge < -0.3 is 0 Å². The third kappa shape index (κ3) is 53.8. The van der Waals surface area contributed by atoms with Gasteiger partial charge in [-0.1, -0.05) is 111 Å². The Balaban J connectivity index is 4.92. The van der Waals surface area contributed by atoms with Crippen LogP contribution >= 0.6 is 7.26 Å². The zero-order chi connectivity index (χ0) is 47.6. The molecule has 0 aromatic carbocycles. The summed E-state index contributed by atoms with van der Waals surface area (Å²) in [4.78, 5) is 0. The molecule has 0 N–H and O–H groups in total. The van der Waals surface area contributed by atoms with Gasteiger partial charge in [-0.25, -0.2) is 0 Å². The van der Waals surface area contributed by atoms with E-state index in [1.807, 2.05) is 0 Å². The smallest absolute Gasteiger partial charge is 0.0654 e. The van der Waals surface area contributed by atoms with Crippen LogP contribution in [0.25, 0.3) is 0 Å². The molecule has 1 heteroatoms. The van der Waals surface area contributed by atoms with E-state index in [2.05, 4.69) is 27.7 Å². The molecular formula is C65H135P. The molecule has 0 spiro atoms. The van der Waals surface area contributed by atoms with Crippen LogP contribution < -0.4 is 0 Å². The van der Waals surface area contributed by atoms with E-state index in [1.165, 1.54) is 315 Å². The van der Waals surface area contributed by atoms with E-state index in [-0.39, 0.29) is 0 Å². The average molecular weight is 948 g/mol. The van der Waals surface area contributed by atoms with Crippen LogP contribution in [0, 0.1) is 0 Å². The van der Waals surface area contributed by atoms with Gasteiger partial charge in [0.05, 0.1) is 0 Å². The first-order valence-corrected chi connectivity index (χ1v) is 35.6. The molecular weight excluding hydrogens is 812 g/mol. The van der Waals surface area contributed by atoms with Gasteiger partial charge in [0.2, 0.25) is 0 Å². The standard InChI is InChI=1S/C65H135P/c1-5-9-13-17-21-25-29-33-36-39-43-47-51-55-59-63-66(62-58-54-50-46-42-32-28-24-20-16-12-8-4,64-60-56-52-48-44-40-37-34-30-26-22-18-14-10-6-2)65-61-57-53-49-45-41-38-35-31-27-23-19-15-11-7-3/h66H,5-65H2,1-4H3. The van der Waals surface area contributed by atoms with Gasteiger partial charge in [0, 0.05) is 0 Å². The van der Waals surface area contributed by atoms with Crippen LogP contribution in [-0.2, 0) is 0 Å². The Kier molecular flexibility index (Phi) is 60.1. The Hall–Kier alpha value is 0.430. The fourth-order valence-corrected chi connectivity index (χ4v) is 17.2. The molecule has 0 unspecified atom stereocenters. The number of rotatable bonds is 61. The summed E-state index contributed by atoms with van der Waals surface area (Å²) in [7, 11) is -1.21. The van der Waals surface area contributed by atoms with Crippen LogP contribution in [0.4, 0.5) is 0 Å². The van der Waals surface area contributed by atoms with Crippen LogP contribution in [0.2, 0.25) is 0 Å². The quantitative estimate of drug-likeness (QED) is 0.0421. The third-order valence-corrected chi connectivity index (χ3v) is 22.1. The summed E-state index contributed by atoms with van der Waals surface area (Å²) in [6.45, 7) is 9.35. The zero-order valence-electron chi connectivity index (χ0n) is 47.6. The van der Waals surface area contributed by atoms with Gasteiger partial charge in [0.15, 0.2) is 0 Å². The third-order valence-electron chi connectivity index (χ3n) is 16.5. The van der Waals surface area contributed by atoms with Gasteiger partial charge in [-0.3, -0.25) is 0 Å². The van der Waals surface area contributed by atoms with E-state index in [0.717, 1.165) is 0 Å². The van der Waals surface area contributed by atoms with Crippen LogP contribution in [0.1, 0.15) is 394 Å². The summed E-state index contributed by atoms with van der Waals surface area (Å²) in [5.74, 6) is 0. The first kappa shape index (κ1) is 66.4. The predicted molar refractivity (Wildman–Crippen MR) is 314 cm³/mol. The minimum absolute atomic E-state index is 1.21. The van der Waals surface area contributed by atoms with E-state index in [4.69, 9.17) is 0 Å². The van der Waals surface area contributed by atoms with E-state index in [0.29, 0.717) is 0 Å². The topological polar surface area (TPSA) is 0 Å². The minimum atomic E-state index is -1.21. The molecule has 0 rings (SSSR count). The molecule has 0 aromatic heterocycles. The van der Waals surface area contributed by atoms with E-state index in [1.54, 1.807) is 76.0 Å². The monoisotopic (exact) mass is 947 g/mol. The normalized spacial score (nSPS) is 12.2. The van der Waals surface area contributed by atoms with Crippen LogP contribution in [0.3, 0.4) is 0 Å². The molecule has 400 valence electrons. The van der Waals surface area contributed by atoms with Gasteiger partial charge in [0.25, 0.3) is 0 Å². The molecule has 0 radical (unpaired) electrons. The van der Waals surface area contributed by atoms with Crippen molar-refractivity contribution in [1.29, 1.82) is 0 Å². The zero-order valence-corrected chi connectivity index (χ0v) is 48.6. The molecule has 0 saturated carbocycles. The Morgan fingerprint density at radius 3 is 0.318 bits per heavy atom. The first-order valence-electron chi connectivity index (χ1n) is 32.7. The van der Waals surface area contributed by atoms with Gasteiger partial charge in [-0.05, 0) is 0 Å². The first-order chi connectivity index (χ1) is 32.7. The minimum Gasteiger partial charge on any atom is -0.0654 e. The molecule has 0 amide bonds. The molecule has 0 nitrogen and oxygen atoms in total. The van der Waals surface area contributed by atoms with Crippen molar-refractivity contribution in [3.63, 3.8) is 0 Å². The molecule has 66 heavy (non-hydrogen) atoms. The predicted octanol–water partition coefficient (Wildman–Crippen LogP) is 25.1. The van der Waals surface area contributed by atoms with Crippen LogP contribution in [0.5, 0.6) is 0 Å². The van der Waals surface area contributed by atoms with Gasteiger partial charge in [0.1, 0.15) is 0 Å². The van der Waals surface area contributed by atoms with Crippen molar-refractivity contribution in [3.05, 3.63) is 0 Å². The SMILES string of the molecule is CCCCCCCCCCCCCCCCC[PH](CCCCCCCCCCCCCC)(CCCCCCCCCCCCCCCCC)CCCCCCCCCCCCCCCCC. The fraction of sp³-hybridized carbons (Fsp3) is 1.00. The van der Waals surface area contributed by atoms with Crippen molar-refractivity contribution in [3.8, 4) is 0 Å². The maximum atomic E-state index is 2.34. The summed E-state index contributed by atoms with van der Waals surface area (Å²) < 4.78 is 0. The molecule has 0 aliphatic carbocycles. The fourth-order valence-electron chi connectivity index (χ4n) is 11.7. The van der Waals surface area contributed by atoms with Gasteiger partial charge in [-0.2, -0.15) is 0 Å². The summed E-state index contributed by atoms with van der Waals surface area (Å²) in [6.07, 6.45) is 92.1. The van der Waals surface area contributed by atoms with Gasteiger partial charge in [-0.15, -0.1) is 0 Å². The van der Waals surface area contributed by atoms with Crippen molar-refractivity contribution >= 4 is 7.26 Å². The number of hydrogen-bond acceptors (Lipinski definition) is 0. The second kappa shape index (κ2) is 59.7. The molecule has 0 aliphatic heterocycles. The average Bonchev–Trinajstić information content (AvgIpc) is 3.33. The molecule has 0 aromatic rings. The molecule has 0 fully saturated rings. The van der Waals surface area contributed by atoms with Crippen molar-refractivity contribution in [2.45, 2.75) is 394 Å². The maximum absolute atomic E-state index is 2.34. The van der Waals surface area contributed by atoms with E-state index < -0.39 is 7.26 Å². The molecule has 0 aliphatic rings. The van der Waals surface area contributed by atoms with E-state index in [9.17, 15) is 0 Å². The Morgan fingerprint density at radius 1 is 0.121 bits per heavy atom. The Bertz CT molecular complexity index is 735. The van der Waals surface area contributed by atoms with Gasteiger partial charge >= 0.3 is 314 Å². The molecule has 0 atom stereocenters. The molecule has 0 heterocycles. The second-order valence-electron chi connectivity index (χ2n) is 23.2. The Morgan fingerprint density at radius 2 is 0.212 bits per heavy atom. The van der Waals surface area contributed by atoms with Crippen molar-refractivity contribution in [2.24, 2.45) is 0 Å². The summed E-state index contributed by atoms with van der Waals surface area (Å²) in [5.41, 5.74) is 0. The second-order valence-corrected chi connectivity index (χ2v) is 28.2. The van der Waals surface area contributed by atoms with Crippen molar-refractivity contribution < 1.29 is 0 Å². The number of unbranched alkanes of at least 4 members (excludes halogenated alkanes) is 53. The number of hydrogen-bond donors (Lipinski definition) is 0. The summed E-state index contributed by atoms with van der Waals surface area (Å²) in [5, 5.41) is 0. The van der Waals surface area contributed by atoms with Crippen molar-refractivity contribution in [2.75, 3.05) is 24.6 Å². The summed E-state index contributed by atoms with van der Waals surface area (Å²) >= 11 is 0. The van der Waals surface area contributed by atoms with Crippen LogP contribution in [0.15, 0.2) is 0 Å². The molecule has 0 bridgehead atoms. The van der Waals surface area contributed by atoms with Crippen LogP contribution in [-0.4, -0.2) is 24.6 Å². The van der Waals surface area contributed by atoms with Crippen molar-refractivity contribution in [1.82, 2.24) is 0 Å². The Labute approximate surface area is 423 Å². The van der Waals surface area contributed by atoms with E-state index >= 15 is 0 Å². The molecule has 0 saturated heterocycles. The summed E-state index contributed by atoms with van der Waals surface area (Å²) in [6, 6.07) is 0.